The molecule has 0 unspecified atom stereocenters. The highest BCUT2D eigenvalue weighted by Gasteiger charge is 2.11. The number of rotatable bonds is 4. The standard InChI is InChI=1S/C12H12F2N4O/c1-2-16-9-6-10(18-12(15)17-9)19-8-5-3-4-7(13)11(8)14/h3-6H,2H2,1H3,(H3,15,16,17,18). The Hall–Kier alpha value is -2.44. The molecule has 3 N–H and O–H groups in total. The first-order valence-electron chi connectivity index (χ1n) is 5.60. The van der Waals surface area contributed by atoms with E-state index in [9.17, 15) is 8.78 Å². The van der Waals surface area contributed by atoms with Gasteiger partial charge in [0.2, 0.25) is 17.6 Å². The number of nitrogens with two attached hydrogens (primary N) is 1. The first-order valence-corrected chi connectivity index (χ1v) is 5.60. The molecule has 1 heterocycles. The van der Waals surface area contributed by atoms with Gasteiger partial charge in [0.05, 0.1) is 0 Å². The molecule has 2 rings (SSSR count). The van der Waals surface area contributed by atoms with Crippen molar-refractivity contribution in [1.82, 2.24) is 9.97 Å². The average Bonchev–Trinajstić information content (AvgIpc) is 2.35. The van der Waals surface area contributed by atoms with Crippen LogP contribution in [0.25, 0.3) is 0 Å². The van der Waals surface area contributed by atoms with Crippen molar-refractivity contribution < 1.29 is 13.5 Å². The largest absolute Gasteiger partial charge is 0.436 e. The van der Waals surface area contributed by atoms with Crippen LogP contribution < -0.4 is 15.8 Å². The number of hydrogen-bond donors (Lipinski definition) is 2. The third-order valence-electron chi connectivity index (χ3n) is 2.21. The van der Waals surface area contributed by atoms with Gasteiger partial charge in [-0.1, -0.05) is 6.07 Å². The maximum Gasteiger partial charge on any atom is 0.226 e. The van der Waals surface area contributed by atoms with Crippen LogP contribution in [-0.2, 0) is 0 Å². The minimum Gasteiger partial charge on any atom is -0.436 e. The van der Waals surface area contributed by atoms with E-state index in [2.05, 4.69) is 15.3 Å². The zero-order valence-corrected chi connectivity index (χ0v) is 10.2. The van der Waals surface area contributed by atoms with Gasteiger partial charge in [0.15, 0.2) is 11.6 Å². The smallest absolute Gasteiger partial charge is 0.226 e. The molecule has 7 heteroatoms. The molecule has 0 saturated carbocycles. The molecule has 0 aliphatic heterocycles. The van der Waals surface area contributed by atoms with Crippen molar-refractivity contribution in [2.45, 2.75) is 6.92 Å². The Kier molecular flexibility index (Phi) is 3.74. The van der Waals surface area contributed by atoms with Crippen molar-refractivity contribution >= 4 is 11.8 Å². The predicted octanol–water partition coefficient (Wildman–Crippen LogP) is 2.56. The number of halogens is 2. The van der Waals surface area contributed by atoms with Crippen LogP contribution in [0.4, 0.5) is 20.5 Å². The number of nitrogens with zero attached hydrogens (tertiary/aromatic N) is 2. The van der Waals surface area contributed by atoms with Crippen molar-refractivity contribution in [2.75, 3.05) is 17.6 Å². The van der Waals surface area contributed by atoms with E-state index in [0.717, 1.165) is 6.07 Å². The third kappa shape index (κ3) is 3.06. The third-order valence-corrected chi connectivity index (χ3v) is 2.21. The van der Waals surface area contributed by atoms with Crippen molar-refractivity contribution in [3.05, 3.63) is 35.9 Å². The molecule has 2 aromatic rings. The molecule has 1 aromatic heterocycles. The van der Waals surface area contributed by atoms with Crippen LogP contribution in [0.3, 0.4) is 0 Å². The lowest BCUT2D eigenvalue weighted by molar-refractivity contribution is 0.405. The van der Waals surface area contributed by atoms with E-state index in [4.69, 9.17) is 10.5 Å². The van der Waals surface area contributed by atoms with E-state index >= 15 is 0 Å². The second-order valence-corrected chi connectivity index (χ2v) is 3.63. The van der Waals surface area contributed by atoms with E-state index in [-0.39, 0.29) is 17.6 Å². The normalized spacial score (nSPS) is 10.3. The molecular weight excluding hydrogens is 254 g/mol. The molecule has 5 nitrogen and oxygen atoms in total. The highest BCUT2D eigenvalue weighted by atomic mass is 19.2. The molecule has 100 valence electrons. The number of hydrogen-bond acceptors (Lipinski definition) is 5. The molecule has 0 amide bonds. The van der Waals surface area contributed by atoms with E-state index in [0.29, 0.717) is 12.4 Å². The van der Waals surface area contributed by atoms with Crippen LogP contribution in [-0.4, -0.2) is 16.5 Å². The van der Waals surface area contributed by atoms with E-state index in [1.165, 1.54) is 18.2 Å². The Balaban J connectivity index is 2.30. The molecule has 0 fully saturated rings. The number of benzene rings is 1. The summed E-state index contributed by atoms with van der Waals surface area (Å²) in [4.78, 5) is 7.71. The molecular formula is C12H12F2N4O. The van der Waals surface area contributed by atoms with Crippen LogP contribution in [0.2, 0.25) is 0 Å². The highest BCUT2D eigenvalue weighted by Crippen LogP contribution is 2.26. The maximum absolute atomic E-state index is 13.4. The SMILES string of the molecule is CCNc1cc(Oc2cccc(F)c2F)nc(N)n1. The van der Waals surface area contributed by atoms with Crippen LogP contribution >= 0.6 is 0 Å². The van der Waals surface area contributed by atoms with Gasteiger partial charge in [-0.25, -0.2) is 4.39 Å². The summed E-state index contributed by atoms with van der Waals surface area (Å²) < 4.78 is 31.7. The Bertz CT molecular complexity index is 592. The molecule has 1 aromatic carbocycles. The van der Waals surface area contributed by atoms with Crippen LogP contribution in [0, 0.1) is 11.6 Å². The van der Waals surface area contributed by atoms with Gasteiger partial charge < -0.3 is 15.8 Å². The monoisotopic (exact) mass is 266 g/mol. The maximum atomic E-state index is 13.4. The first-order chi connectivity index (χ1) is 9.10. The number of nitrogen functional groups attached to an aromatic ring is 1. The second-order valence-electron chi connectivity index (χ2n) is 3.63. The molecule has 19 heavy (non-hydrogen) atoms. The zero-order chi connectivity index (χ0) is 13.8. The lowest BCUT2D eigenvalue weighted by Crippen LogP contribution is -2.04. The summed E-state index contributed by atoms with van der Waals surface area (Å²) in [6, 6.07) is 5.08. The quantitative estimate of drug-likeness (QED) is 0.889. The molecule has 0 atom stereocenters. The van der Waals surface area contributed by atoms with Crippen molar-refractivity contribution in [1.29, 1.82) is 0 Å². The van der Waals surface area contributed by atoms with E-state index in [1.807, 2.05) is 6.92 Å². The first kappa shape index (κ1) is 13.0. The van der Waals surface area contributed by atoms with Crippen molar-refractivity contribution in [3.8, 4) is 11.6 Å². The van der Waals surface area contributed by atoms with Gasteiger partial charge in [0.25, 0.3) is 0 Å². The van der Waals surface area contributed by atoms with Crippen LogP contribution in [0.15, 0.2) is 24.3 Å². The van der Waals surface area contributed by atoms with E-state index in [1.54, 1.807) is 0 Å². The predicted molar refractivity (Wildman–Crippen MR) is 67.0 cm³/mol. The van der Waals surface area contributed by atoms with Gasteiger partial charge in [-0.3, -0.25) is 0 Å². The van der Waals surface area contributed by atoms with Gasteiger partial charge in [-0.2, -0.15) is 14.4 Å². The molecule has 0 spiro atoms. The van der Waals surface area contributed by atoms with Crippen molar-refractivity contribution in [2.24, 2.45) is 0 Å². The molecule has 0 radical (unpaired) electrons. The zero-order valence-electron chi connectivity index (χ0n) is 10.2. The number of anilines is 2. The average molecular weight is 266 g/mol. The molecule has 0 bridgehead atoms. The minimum atomic E-state index is -1.08. The summed E-state index contributed by atoms with van der Waals surface area (Å²) in [6.07, 6.45) is 0. The minimum absolute atomic E-state index is 0.0229. The van der Waals surface area contributed by atoms with Gasteiger partial charge in [-0.05, 0) is 19.1 Å². The Morgan fingerprint density at radius 2 is 2.11 bits per heavy atom. The second kappa shape index (κ2) is 5.47. The molecule has 0 aliphatic carbocycles. The Morgan fingerprint density at radius 3 is 2.84 bits per heavy atom. The fourth-order valence-corrected chi connectivity index (χ4v) is 1.44. The van der Waals surface area contributed by atoms with Gasteiger partial charge in [-0.15, -0.1) is 0 Å². The lowest BCUT2D eigenvalue weighted by Gasteiger charge is -2.08. The van der Waals surface area contributed by atoms with Crippen LogP contribution in [0.5, 0.6) is 11.6 Å². The molecule has 0 aliphatic rings. The summed E-state index contributed by atoms with van der Waals surface area (Å²) >= 11 is 0. The van der Waals surface area contributed by atoms with Gasteiger partial charge in [0.1, 0.15) is 5.82 Å². The number of aromatic nitrogens is 2. The van der Waals surface area contributed by atoms with Gasteiger partial charge in [0, 0.05) is 12.6 Å². The molecule has 0 saturated heterocycles. The fraction of sp³-hybridized carbons (Fsp3) is 0.167. The van der Waals surface area contributed by atoms with Crippen molar-refractivity contribution in [3.63, 3.8) is 0 Å². The fourth-order valence-electron chi connectivity index (χ4n) is 1.44. The Labute approximate surface area is 108 Å². The van der Waals surface area contributed by atoms with Gasteiger partial charge >= 0.3 is 0 Å². The summed E-state index contributed by atoms with van der Waals surface area (Å²) in [6.45, 7) is 2.51. The highest BCUT2D eigenvalue weighted by molar-refractivity contribution is 5.44. The lowest BCUT2D eigenvalue weighted by atomic mass is 10.3. The number of ether oxygens (including phenoxy) is 1. The Morgan fingerprint density at radius 1 is 1.32 bits per heavy atom. The topological polar surface area (TPSA) is 73.1 Å². The van der Waals surface area contributed by atoms with Crippen LogP contribution in [0.1, 0.15) is 6.92 Å². The number of nitrogens with one attached hydrogen (secondary N) is 1. The van der Waals surface area contributed by atoms with E-state index < -0.39 is 11.6 Å². The summed E-state index contributed by atoms with van der Waals surface area (Å²) in [5.74, 6) is -1.88. The summed E-state index contributed by atoms with van der Waals surface area (Å²) in [5, 5.41) is 2.92. The summed E-state index contributed by atoms with van der Waals surface area (Å²) in [7, 11) is 0. The summed E-state index contributed by atoms with van der Waals surface area (Å²) in [5.41, 5.74) is 5.50.